The van der Waals surface area contributed by atoms with E-state index in [0.29, 0.717) is 6.61 Å². The standard InChI is InChI=1S/C11H18O2/c1-4-13-10-7-11(2,3)6-5-9(10)8-12/h7-9H,4-6H2,1-3H3. The fraction of sp³-hybridized carbons (Fsp3) is 0.727. The lowest BCUT2D eigenvalue weighted by Crippen LogP contribution is -2.22. The van der Waals surface area contributed by atoms with Gasteiger partial charge in [0.1, 0.15) is 12.0 Å². The van der Waals surface area contributed by atoms with Crippen LogP contribution in [0.5, 0.6) is 0 Å². The molecule has 0 radical (unpaired) electrons. The van der Waals surface area contributed by atoms with Crippen molar-refractivity contribution in [1.29, 1.82) is 0 Å². The first-order valence-corrected chi connectivity index (χ1v) is 4.90. The van der Waals surface area contributed by atoms with Crippen LogP contribution in [-0.2, 0) is 9.53 Å². The number of hydrogen-bond donors (Lipinski definition) is 0. The first-order chi connectivity index (χ1) is 6.09. The molecule has 0 aromatic rings. The van der Waals surface area contributed by atoms with Gasteiger partial charge < -0.3 is 9.53 Å². The Balaban J connectivity index is 2.79. The molecule has 0 fully saturated rings. The van der Waals surface area contributed by atoms with Gasteiger partial charge in [0.25, 0.3) is 0 Å². The molecule has 0 saturated carbocycles. The van der Waals surface area contributed by atoms with Crippen molar-refractivity contribution in [1.82, 2.24) is 0 Å². The fourth-order valence-corrected chi connectivity index (χ4v) is 1.68. The maximum Gasteiger partial charge on any atom is 0.130 e. The maximum atomic E-state index is 10.7. The van der Waals surface area contributed by atoms with Crippen LogP contribution in [0, 0.1) is 11.3 Å². The molecule has 0 aliphatic heterocycles. The van der Waals surface area contributed by atoms with Gasteiger partial charge in [-0.2, -0.15) is 0 Å². The van der Waals surface area contributed by atoms with E-state index < -0.39 is 0 Å². The van der Waals surface area contributed by atoms with Gasteiger partial charge in [-0.25, -0.2) is 0 Å². The SMILES string of the molecule is CCOC1=CC(C)(C)CCC1C=O. The molecular formula is C11H18O2. The highest BCUT2D eigenvalue weighted by Gasteiger charge is 2.28. The highest BCUT2D eigenvalue weighted by Crippen LogP contribution is 2.36. The summed E-state index contributed by atoms with van der Waals surface area (Å²) in [5.74, 6) is 0.863. The van der Waals surface area contributed by atoms with Crippen molar-refractivity contribution in [3.8, 4) is 0 Å². The molecule has 1 unspecified atom stereocenters. The molecule has 0 amide bonds. The quantitative estimate of drug-likeness (QED) is 0.627. The average Bonchev–Trinajstić information content (AvgIpc) is 2.04. The summed E-state index contributed by atoms with van der Waals surface area (Å²) in [6, 6.07) is 0. The van der Waals surface area contributed by atoms with E-state index >= 15 is 0 Å². The summed E-state index contributed by atoms with van der Waals surface area (Å²) < 4.78 is 5.45. The van der Waals surface area contributed by atoms with Crippen LogP contribution in [0.25, 0.3) is 0 Å². The molecule has 1 rings (SSSR count). The molecule has 0 saturated heterocycles. The third-order valence-corrected chi connectivity index (χ3v) is 2.47. The third kappa shape index (κ3) is 2.58. The van der Waals surface area contributed by atoms with Crippen LogP contribution in [0.4, 0.5) is 0 Å². The Morgan fingerprint density at radius 2 is 2.38 bits per heavy atom. The summed E-state index contributed by atoms with van der Waals surface area (Å²) in [6.45, 7) is 6.94. The molecule has 0 spiro atoms. The van der Waals surface area contributed by atoms with Crippen LogP contribution in [-0.4, -0.2) is 12.9 Å². The van der Waals surface area contributed by atoms with Crippen LogP contribution in [0.15, 0.2) is 11.8 Å². The minimum atomic E-state index is -0.00650. The Morgan fingerprint density at radius 1 is 1.69 bits per heavy atom. The number of carbonyl (C=O) groups is 1. The van der Waals surface area contributed by atoms with Crippen LogP contribution in [0.3, 0.4) is 0 Å². The van der Waals surface area contributed by atoms with Crippen molar-refractivity contribution < 1.29 is 9.53 Å². The van der Waals surface area contributed by atoms with Crippen LogP contribution >= 0.6 is 0 Å². The Hall–Kier alpha value is -0.790. The number of aldehydes is 1. The Labute approximate surface area is 80.0 Å². The third-order valence-electron chi connectivity index (χ3n) is 2.47. The van der Waals surface area contributed by atoms with Crippen molar-refractivity contribution in [2.45, 2.75) is 33.6 Å². The normalized spacial score (nSPS) is 26.4. The number of rotatable bonds is 3. The van der Waals surface area contributed by atoms with Gasteiger partial charge in [-0.1, -0.05) is 13.8 Å². The summed E-state index contributed by atoms with van der Waals surface area (Å²) in [5.41, 5.74) is 0.185. The molecule has 2 nitrogen and oxygen atoms in total. The summed E-state index contributed by atoms with van der Waals surface area (Å²) in [7, 11) is 0. The molecular weight excluding hydrogens is 164 g/mol. The van der Waals surface area contributed by atoms with Crippen molar-refractivity contribution in [3.63, 3.8) is 0 Å². The number of allylic oxidation sites excluding steroid dienone is 2. The lowest BCUT2D eigenvalue weighted by Gasteiger charge is -2.30. The highest BCUT2D eigenvalue weighted by molar-refractivity contribution is 5.58. The summed E-state index contributed by atoms with van der Waals surface area (Å²) in [4.78, 5) is 10.7. The minimum absolute atomic E-state index is 0.00650. The molecule has 1 aliphatic carbocycles. The smallest absolute Gasteiger partial charge is 0.130 e. The van der Waals surface area contributed by atoms with E-state index in [-0.39, 0.29) is 11.3 Å². The van der Waals surface area contributed by atoms with Gasteiger partial charge in [0.2, 0.25) is 0 Å². The van der Waals surface area contributed by atoms with Crippen LogP contribution in [0.2, 0.25) is 0 Å². The molecule has 0 aromatic heterocycles. The fourth-order valence-electron chi connectivity index (χ4n) is 1.68. The van der Waals surface area contributed by atoms with Gasteiger partial charge in [0, 0.05) is 0 Å². The second-order valence-corrected chi connectivity index (χ2v) is 4.25. The van der Waals surface area contributed by atoms with E-state index in [2.05, 4.69) is 19.9 Å². The largest absolute Gasteiger partial charge is 0.498 e. The lowest BCUT2D eigenvalue weighted by atomic mass is 9.78. The van der Waals surface area contributed by atoms with Gasteiger partial charge in [-0.15, -0.1) is 0 Å². The van der Waals surface area contributed by atoms with Gasteiger partial charge in [0.15, 0.2) is 0 Å². The zero-order valence-electron chi connectivity index (χ0n) is 8.67. The van der Waals surface area contributed by atoms with Gasteiger partial charge in [-0.3, -0.25) is 0 Å². The highest BCUT2D eigenvalue weighted by atomic mass is 16.5. The molecule has 0 aromatic carbocycles. The van der Waals surface area contributed by atoms with E-state index in [9.17, 15) is 4.79 Å². The molecule has 0 N–H and O–H groups in total. The predicted molar refractivity (Wildman–Crippen MR) is 52.3 cm³/mol. The molecule has 0 bridgehead atoms. The van der Waals surface area contributed by atoms with Gasteiger partial charge >= 0.3 is 0 Å². The minimum Gasteiger partial charge on any atom is -0.498 e. The zero-order chi connectivity index (χ0) is 9.90. The number of ether oxygens (including phenoxy) is 1. The lowest BCUT2D eigenvalue weighted by molar-refractivity contribution is -0.111. The predicted octanol–water partition coefficient (Wildman–Crippen LogP) is 2.54. The summed E-state index contributed by atoms with van der Waals surface area (Å²) >= 11 is 0. The first-order valence-electron chi connectivity index (χ1n) is 4.90. The maximum absolute atomic E-state index is 10.7. The van der Waals surface area contributed by atoms with Crippen molar-refractivity contribution in [2.75, 3.05) is 6.61 Å². The van der Waals surface area contributed by atoms with Crippen molar-refractivity contribution in [2.24, 2.45) is 11.3 Å². The van der Waals surface area contributed by atoms with Crippen LogP contribution < -0.4 is 0 Å². The van der Waals surface area contributed by atoms with E-state index in [1.54, 1.807) is 0 Å². The van der Waals surface area contributed by atoms with Crippen LogP contribution in [0.1, 0.15) is 33.6 Å². The van der Waals surface area contributed by atoms with E-state index in [4.69, 9.17) is 4.74 Å². The Morgan fingerprint density at radius 3 is 2.92 bits per heavy atom. The average molecular weight is 182 g/mol. The topological polar surface area (TPSA) is 26.3 Å². The van der Waals surface area contributed by atoms with Gasteiger partial charge in [-0.05, 0) is 31.3 Å². The number of carbonyl (C=O) groups excluding carboxylic acids is 1. The van der Waals surface area contributed by atoms with Gasteiger partial charge in [0.05, 0.1) is 12.5 Å². The molecule has 2 heteroatoms. The van der Waals surface area contributed by atoms with E-state index in [0.717, 1.165) is 24.9 Å². The van der Waals surface area contributed by atoms with Crippen molar-refractivity contribution in [3.05, 3.63) is 11.8 Å². The van der Waals surface area contributed by atoms with Crippen molar-refractivity contribution >= 4 is 6.29 Å². The van der Waals surface area contributed by atoms with E-state index in [1.165, 1.54) is 0 Å². The second-order valence-electron chi connectivity index (χ2n) is 4.25. The molecule has 1 aliphatic rings. The summed E-state index contributed by atoms with van der Waals surface area (Å²) in [5, 5.41) is 0. The molecule has 74 valence electrons. The van der Waals surface area contributed by atoms with E-state index in [1.807, 2.05) is 6.92 Å². The summed E-state index contributed by atoms with van der Waals surface area (Å²) in [6.07, 6.45) is 5.07. The number of hydrogen-bond acceptors (Lipinski definition) is 2. The second kappa shape index (κ2) is 3.95. The monoisotopic (exact) mass is 182 g/mol. The first kappa shape index (κ1) is 10.3. The Bertz CT molecular complexity index is 216. The Kier molecular flexibility index (Phi) is 3.12. The molecule has 13 heavy (non-hydrogen) atoms. The zero-order valence-corrected chi connectivity index (χ0v) is 8.67. The molecule has 0 heterocycles. The molecule has 1 atom stereocenters.